The van der Waals surface area contributed by atoms with Gasteiger partial charge in [0, 0.05) is 6.54 Å². The van der Waals surface area contributed by atoms with E-state index in [9.17, 15) is 18.0 Å². The lowest BCUT2D eigenvalue weighted by molar-refractivity contribution is -0.120. The average Bonchev–Trinajstić information content (AvgIpc) is 2.43. The molecule has 0 spiro atoms. The van der Waals surface area contributed by atoms with E-state index in [0.29, 0.717) is 6.54 Å². The van der Waals surface area contributed by atoms with Crippen molar-refractivity contribution in [2.45, 2.75) is 11.8 Å². The third-order valence-electron chi connectivity index (χ3n) is 2.53. The number of sulfonamides is 1. The minimum atomic E-state index is -3.94. The van der Waals surface area contributed by atoms with Crippen molar-refractivity contribution in [2.75, 3.05) is 20.2 Å². The zero-order valence-electron chi connectivity index (χ0n) is 11.7. The lowest BCUT2D eigenvalue weighted by atomic mass is 10.2. The molecule has 0 atom stereocenters. The second-order valence-corrected chi connectivity index (χ2v) is 5.60. The first-order chi connectivity index (χ1) is 9.79. The van der Waals surface area contributed by atoms with Gasteiger partial charge in [-0.2, -0.15) is 0 Å². The maximum atomic E-state index is 12.0. The number of likely N-dealkylation sites (N-methyl/N-ethyl adjacent to an activating group) is 1. The Balaban J connectivity index is 2.99. The number of ether oxygens (including phenoxy) is 1. The number of hydrogen-bond acceptors (Lipinski definition) is 5. The summed E-state index contributed by atoms with van der Waals surface area (Å²) in [6, 6.07) is 3.65. The van der Waals surface area contributed by atoms with E-state index in [1.807, 2.05) is 0 Å². The van der Waals surface area contributed by atoms with Crippen molar-refractivity contribution in [3.63, 3.8) is 0 Å². The van der Waals surface area contributed by atoms with Gasteiger partial charge in [0.25, 0.3) is 5.91 Å². The van der Waals surface area contributed by atoms with Gasteiger partial charge in [-0.25, -0.2) is 13.6 Å². The quantitative estimate of drug-likeness (QED) is 0.634. The number of carbonyl (C=O) groups is 2. The molecule has 9 heteroatoms. The molecular weight excluding hydrogens is 298 g/mol. The van der Waals surface area contributed by atoms with Gasteiger partial charge in [0.1, 0.15) is 5.75 Å². The summed E-state index contributed by atoms with van der Waals surface area (Å²) in [5.41, 5.74) is -0.0201. The normalized spacial score (nSPS) is 10.8. The Morgan fingerprint density at radius 2 is 1.95 bits per heavy atom. The summed E-state index contributed by atoms with van der Waals surface area (Å²) in [7, 11) is -2.60. The summed E-state index contributed by atoms with van der Waals surface area (Å²) in [6.45, 7) is 1.96. The molecule has 0 aliphatic carbocycles. The highest BCUT2D eigenvalue weighted by molar-refractivity contribution is 7.89. The summed E-state index contributed by atoms with van der Waals surface area (Å²) in [5.74, 6) is -0.813. The van der Waals surface area contributed by atoms with Crippen molar-refractivity contribution in [1.82, 2.24) is 10.6 Å². The topological polar surface area (TPSA) is 128 Å². The van der Waals surface area contributed by atoms with Crippen LogP contribution in [0.4, 0.5) is 0 Å². The Hall–Kier alpha value is -2.13. The van der Waals surface area contributed by atoms with Crippen LogP contribution in [0.1, 0.15) is 17.3 Å². The molecule has 0 saturated heterocycles. The lowest BCUT2D eigenvalue weighted by Gasteiger charge is -2.10. The Morgan fingerprint density at radius 3 is 2.48 bits per heavy atom. The van der Waals surface area contributed by atoms with Gasteiger partial charge in [0.05, 0.1) is 24.1 Å². The third-order valence-corrected chi connectivity index (χ3v) is 3.44. The first kappa shape index (κ1) is 16.9. The van der Waals surface area contributed by atoms with Crippen molar-refractivity contribution in [2.24, 2.45) is 5.14 Å². The van der Waals surface area contributed by atoms with Crippen LogP contribution in [0.5, 0.6) is 5.75 Å². The molecular formula is C12H17N3O5S. The fourth-order valence-electron chi connectivity index (χ4n) is 1.56. The minimum absolute atomic E-state index is 0.0201. The fourth-order valence-corrected chi connectivity index (χ4v) is 2.10. The van der Waals surface area contributed by atoms with Crippen molar-refractivity contribution < 1.29 is 22.7 Å². The number of amides is 2. The average molecular weight is 315 g/mol. The maximum Gasteiger partial charge on any atom is 0.255 e. The second kappa shape index (κ2) is 7.04. The zero-order valence-corrected chi connectivity index (χ0v) is 12.5. The second-order valence-electron chi connectivity index (χ2n) is 4.04. The predicted octanol–water partition coefficient (Wildman–Crippen LogP) is -0.791. The first-order valence-electron chi connectivity index (χ1n) is 6.05. The largest absolute Gasteiger partial charge is 0.496 e. The van der Waals surface area contributed by atoms with Crippen LogP contribution in [0.3, 0.4) is 0 Å². The van der Waals surface area contributed by atoms with Crippen molar-refractivity contribution in [3.05, 3.63) is 23.8 Å². The van der Waals surface area contributed by atoms with E-state index in [1.54, 1.807) is 6.92 Å². The van der Waals surface area contributed by atoms with E-state index in [0.717, 1.165) is 6.07 Å². The monoisotopic (exact) mass is 315 g/mol. The Bertz CT molecular complexity index is 642. The number of rotatable bonds is 6. The summed E-state index contributed by atoms with van der Waals surface area (Å²) in [6.07, 6.45) is 0. The van der Waals surface area contributed by atoms with Gasteiger partial charge in [-0.1, -0.05) is 0 Å². The molecule has 0 fully saturated rings. The SMILES string of the molecule is CCNC(=O)CNC(=O)c1cc(S(N)(=O)=O)ccc1OC. The minimum Gasteiger partial charge on any atom is -0.496 e. The predicted molar refractivity (Wildman–Crippen MR) is 75.4 cm³/mol. The van der Waals surface area contributed by atoms with Crippen LogP contribution < -0.4 is 20.5 Å². The number of carbonyl (C=O) groups excluding carboxylic acids is 2. The molecule has 116 valence electrons. The number of methoxy groups -OCH3 is 1. The molecule has 8 nitrogen and oxygen atoms in total. The fraction of sp³-hybridized carbons (Fsp3) is 0.333. The molecule has 1 aromatic rings. The Labute approximate surface area is 122 Å². The van der Waals surface area contributed by atoms with E-state index >= 15 is 0 Å². The van der Waals surface area contributed by atoms with Gasteiger partial charge in [0.2, 0.25) is 15.9 Å². The molecule has 1 rings (SSSR count). The molecule has 2 amide bonds. The summed E-state index contributed by atoms with van der Waals surface area (Å²) in [5, 5.41) is 9.90. The van der Waals surface area contributed by atoms with Gasteiger partial charge < -0.3 is 15.4 Å². The molecule has 0 aromatic heterocycles. The van der Waals surface area contributed by atoms with Gasteiger partial charge in [-0.05, 0) is 25.1 Å². The van der Waals surface area contributed by atoms with E-state index in [1.165, 1.54) is 19.2 Å². The number of nitrogens with one attached hydrogen (secondary N) is 2. The number of primary sulfonamides is 1. The molecule has 4 N–H and O–H groups in total. The van der Waals surface area contributed by atoms with Crippen LogP contribution in [0.15, 0.2) is 23.1 Å². The first-order valence-corrected chi connectivity index (χ1v) is 7.60. The number of hydrogen-bond donors (Lipinski definition) is 3. The number of benzene rings is 1. The molecule has 0 aliphatic heterocycles. The summed E-state index contributed by atoms with van der Waals surface area (Å²) < 4.78 is 27.6. The molecule has 0 unspecified atom stereocenters. The van der Waals surface area contributed by atoms with Crippen molar-refractivity contribution in [1.29, 1.82) is 0 Å². The van der Waals surface area contributed by atoms with E-state index in [4.69, 9.17) is 9.88 Å². The highest BCUT2D eigenvalue weighted by Crippen LogP contribution is 2.21. The van der Waals surface area contributed by atoms with Crippen LogP contribution >= 0.6 is 0 Å². The summed E-state index contributed by atoms with van der Waals surface area (Å²) >= 11 is 0. The van der Waals surface area contributed by atoms with Crippen LogP contribution in [0.25, 0.3) is 0 Å². The van der Waals surface area contributed by atoms with E-state index in [-0.39, 0.29) is 28.7 Å². The highest BCUT2D eigenvalue weighted by atomic mass is 32.2. The smallest absolute Gasteiger partial charge is 0.255 e. The molecule has 0 aliphatic rings. The van der Waals surface area contributed by atoms with Gasteiger partial charge in [-0.15, -0.1) is 0 Å². The van der Waals surface area contributed by atoms with Crippen LogP contribution in [-0.2, 0) is 14.8 Å². The van der Waals surface area contributed by atoms with Crippen molar-refractivity contribution in [3.8, 4) is 5.75 Å². The standard InChI is InChI=1S/C12H17N3O5S/c1-3-14-11(16)7-15-12(17)9-6-8(21(13,18)19)4-5-10(9)20-2/h4-6H,3,7H2,1-2H3,(H,14,16)(H,15,17)(H2,13,18,19). The number of nitrogens with two attached hydrogens (primary N) is 1. The molecule has 1 aromatic carbocycles. The Kier molecular flexibility index (Phi) is 5.68. The molecule has 0 bridgehead atoms. The van der Waals surface area contributed by atoms with E-state index in [2.05, 4.69) is 10.6 Å². The third kappa shape index (κ3) is 4.72. The van der Waals surface area contributed by atoms with Gasteiger partial charge in [0.15, 0.2) is 0 Å². The lowest BCUT2D eigenvalue weighted by Crippen LogP contribution is -2.36. The van der Waals surface area contributed by atoms with Crippen LogP contribution in [0, 0.1) is 0 Å². The van der Waals surface area contributed by atoms with Gasteiger partial charge >= 0.3 is 0 Å². The Morgan fingerprint density at radius 1 is 1.29 bits per heavy atom. The molecule has 0 radical (unpaired) electrons. The summed E-state index contributed by atoms with van der Waals surface area (Å²) in [4.78, 5) is 23.1. The maximum absolute atomic E-state index is 12.0. The molecule has 0 heterocycles. The van der Waals surface area contributed by atoms with Crippen LogP contribution in [0.2, 0.25) is 0 Å². The van der Waals surface area contributed by atoms with E-state index < -0.39 is 15.9 Å². The zero-order chi connectivity index (χ0) is 16.0. The molecule has 21 heavy (non-hydrogen) atoms. The van der Waals surface area contributed by atoms with Gasteiger partial charge in [-0.3, -0.25) is 9.59 Å². The van der Waals surface area contributed by atoms with Crippen molar-refractivity contribution >= 4 is 21.8 Å². The molecule has 0 saturated carbocycles. The van der Waals surface area contributed by atoms with Crippen LogP contribution in [-0.4, -0.2) is 40.4 Å². The highest BCUT2D eigenvalue weighted by Gasteiger charge is 2.17.